The van der Waals surface area contributed by atoms with Gasteiger partial charge in [0.15, 0.2) is 5.82 Å². The molecule has 2 aromatic heterocycles. The van der Waals surface area contributed by atoms with E-state index in [4.69, 9.17) is 12.7 Å². The van der Waals surface area contributed by atoms with E-state index < -0.39 is 6.04 Å². The Morgan fingerprint density at radius 1 is 1.39 bits per heavy atom. The molecule has 0 saturated carbocycles. The molecule has 2 heterocycles. The molecule has 2 radical (unpaired) electrons. The van der Waals surface area contributed by atoms with Crippen molar-refractivity contribution < 1.29 is 9.53 Å². The normalized spacial score (nSPS) is 11.9. The molecule has 0 aliphatic rings. The van der Waals surface area contributed by atoms with Gasteiger partial charge < -0.3 is 15.3 Å². The molecule has 1 atom stereocenters. The number of nitrogens with zero attached hydrogens (tertiary/aromatic N) is 3. The summed E-state index contributed by atoms with van der Waals surface area (Å²) in [6.45, 7) is 2.11. The van der Waals surface area contributed by atoms with Gasteiger partial charge in [-0.25, -0.2) is 9.78 Å². The Kier molecular flexibility index (Phi) is 6.14. The van der Waals surface area contributed by atoms with Crippen LogP contribution in [0.25, 0.3) is 11.0 Å². The van der Waals surface area contributed by atoms with Crippen molar-refractivity contribution in [3.63, 3.8) is 0 Å². The molecule has 2 rings (SSSR count). The number of carbonyl (C=O) groups is 1. The third kappa shape index (κ3) is 4.31. The van der Waals surface area contributed by atoms with E-state index in [0.717, 1.165) is 19.3 Å². The fourth-order valence-electron chi connectivity index (χ4n) is 2.29. The molecule has 7 nitrogen and oxygen atoms in total. The Balaban J connectivity index is 2.30. The second-order valence-electron chi connectivity index (χ2n) is 5.13. The van der Waals surface area contributed by atoms with E-state index in [-0.39, 0.29) is 11.9 Å². The Hall–Kier alpha value is -2.38. The van der Waals surface area contributed by atoms with Crippen molar-refractivity contribution in [1.29, 1.82) is 0 Å². The predicted octanol–water partition coefficient (Wildman–Crippen LogP) is 2.05. The van der Waals surface area contributed by atoms with Crippen LogP contribution in [0.1, 0.15) is 32.6 Å². The molecule has 8 heteroatoms. The highest BCUT2D eigenvalue weighted by Gasteiger charge is 2.21. The first-order valence-electron chi connectivity index (χ1n) is 7.63. The average Bonchev–Trinajstić information content (AvgIpc) is 2.60. The van der Waals surface area contributed by atoms with Gasteiger partial charge >= 0.3 is 5.97 Å². The quantitative estimate of drug-likeness (QED) is 0.438. The van der Waals surface area contributed by atoms with Crippen LogP contribution >= 0.6 is 0 Å². The highest BCUT2D eigenvalue weighted by molar-refractivity contribution is 6.15. The van der Waals surface area contributed by atoms with E-state index in [1.165, 1.54) is 7.11 Å². The number of esters is 1. The molecule has 0 aliphatic heterocycles. The molecule has 23 heavy (non-hydrogen) atoms. The summed E-state index contributed by atoms with van der Waals surface area (Å²) in [6.07, 6.45) is 5.35. The number of rotatable bonds is 8. The summed E-state index contributed by atoms with van der Waals surface area (Å²) in [7, 11) is 6.78. The van der Waals surface area contributed by atoms with E-state index in [0.29, 0.717) is 23.3 Å². The van der Waals surface area contributed by atoms with E-state index in [2.05, 4.69) is 32.4 Å². The first-order valence-corrected chi connectivity index (χ1v) is 7.63. The number of fused-ring (bicyclic) bond motifs is 1. The van der Waals surface area contributed by atoms with E-state index in [1.807, 2.05) is 0 Å². The molecule has 0 spiro atoms. The summed E-state index contributed by atoms with van der Waals surface area (Å²) in [4.78, 5) is 24.8. The van der Waals surface area contributed by atoms with Crippen LogP contribution in [0.5, 0.6) is 0 Å². The fourth-order valence-corrected chi connectivity index (χ4v) is 2.29. The van der Waals surface area contributed by atoms with E-state index in [9.17, 15) is 4.79 Å². The van der Waals surface area contributed by atoms with Gasteiger partial charge in [-0.1, -0.05) is 26.2 Å². The fraction of sp³-hybridized carbons (Fsp3) is 0.467. The molecule has 0 saturated heterocycles. The maximum absolute atomic E-state index is 12.0. The molecule has 0 aromatic carbocycles. The van der Waals surface area contributed by atoms with Gasteiger partial charge in [0.2, 0.25) is 13.9 Å². The zero-order chi connectivity index (χ0) is 16.7. The molecule has 120 valence electrons. The summed E-state index contributed by atoms with van der Waals surface area (Å²) in [5, 5.41) is 5.54. The number of methoxy groups -OCH3 is 1. The lowest BCUT2D eigenvalue weighted by Crippen LogP contribution is -2.31. The van der Waals surface area contributed by atoms with Crippen LogP contribution in [0.3, 0.4) is 0 Å². The molecule has 0 bridgehead atoms. The third-order valence-corrected chi connectivity index (χ3v) is 3.48. The Morgan fingerprint density at radius 3 is 2.91 bits per heavy atom. The second-order valence-corrected chi connectivity index (χ2v) is 5.13. The van der Waals surface area contributed by atoms with Crippen molar-refractivity contribution in [1.82, 2.24) is 15.0 Å². The summed E-state index contributed by atoms with van der Waals surface area (Å²) >= 11 is 0. The van der Waals surface area contributed by atoms with Crippen LogP contribution in [-0.4, -0.2) is 42.1 Å². The smallest absolute Gasteiger partial charge is 0.328 e. The van der Waals surface area contributed by atoms with Crippen molar-refractivity contribution in [2.45, 2.75) is 38.6 Å². The molecular formula is C15H20BN5O2. The third-order valence-electron chi connectivity index (χ3n) is 3.48. The molecule has 2 N–H and O–H groups in total. The number of aromatic nitrogens is 3. The van der Waals surface area contributed by atoms with Gasteiger partial charge in [0, 0.05) is 6.20 Å². The van der Waals surface area contributed by atoms with Gasteiger partial charge in [0.05, 0.1) is 12.6 Å². The number of pyridine rings is 1. The summed E-state index contributed by atoms with van der Waals surface area (Å²) in [6, 6.07) is 3.09. The Labute approximate surface area is 136 Å². The number of nitrogens with one attached hydrogen (secondary N) is 2. The van der Waals surface area contributed by atoms with Crippen molar-refractivity contribution >= 4 is 36.8 Å². The average molecular weight is 313 g/mol. The minimum atomic E-state index is -0.489. The van der Waals surface area contributed by atoms with Gasteiger partial charge in [-0.15, -0.1) is 0 Å². The highest BCUT2D eigenvalue weighted by atomic mass is 16.5. The number of anilines is 2. The molecule has 0 unspecified atom stereocenters. The van der Waals surface area contributed by atoms with Gasteiger partial charge in [-0.2, -0.15) is 4.98 Å². The summed E-state index contributed by atoms with van der Waals surface area (Å²) in [5.41, 5.74) is 1.21. The molecular weight excluding hydrogens is 293 g/mol. The number of carbonyl (C=O) groups excluding carboxylic acids is 1. The van der Waals surface area contributed by atoms with Gasteiger partial charge in [0.1, 0.15) is 11.6 Å². The van der Waals surface area contributed by atoms with Crippen LogP contribution in [-0.2, 0) is 9.53 Å². The van der Waals surface area contributed by atoms with Crippen LogP contribution in [0.2, 0.25) is 0 Å². The maximum atomic E-state index is 12.0. The van der Waals surface area contributed by atoms with Crippen LogP contribution in [0, 0.1) is 0 Å². The lowest BCUT2D eigenvalue weighted by Gasteiger charge is -2.18. The first-order chi connectivity index (χ1) is 11.2. The van der Waals surface area contributed by atoms with E-state index >= 15 is 0 Å². The topological polar surface area (TPSA) is 89.0 Å². The molecule has 2 aromatic rings. The lowest BCUT2D eigenvalue weighted by molar-refractivity contribution is -0.141. The summed E-state index contributed by atoms with van der Waals surface area (Å²) < 4.78 is 4.88. The zero-order valence-corrected chi connectivity index (χ0v) is 13.4. The minimum absolute atomic E-state index is 0.255. The number of unbranched alkanes of at least 4 members (excludes halogenated alkanes) is 2. The standard InChI is InChI=1S/C15H20BN5O2/c1-3-4-5-7-11(14(22)23-2)18-13-12-10(8-6-9-17-12)19-15(20-13)21-16/h6,8-9,11H,3-5,7H2,1-2H3,(H2,18,19,20,21)/t11-/m1/s1. The monoisotopic (exact) mass is 313 g/mol. The minimum Gasteiger partial charge on any atom is -0.467 e. The van der Waals surface area contributed by atoms with Gasteiger partial charge in [-0.3, -0.25) is 4.98 Å². The van der Waals surface area contributed by atoms with Gasteiger partial charge in [-0.05, 0) is 18.6 Å². The van der Waals surface area contributed by atoms with Gasteiger partial charge in [0.25, 0.3) is 0 Å². The maximum Gasteiger partial charge on any atom is 0.328 e. The van der Waals surface area contributed by atoms with Crippen LogP contribution in [0.4, 0.5) is 11.8 Å². The second kappa shape index (κ2) is 8.31. The molecule has 0 fully saturated rings. The SMILES string of the molecule is [B]Nc1nc(N[C@H](CCCCC)C(=O)OC)c2ncccc2n1. The molecule has 0 amide bonds. The largest absolute Gasteiger partial charge is 0.467 e. The summed E-state index contributed by atoms with van der Waals surface area (Å²) in [5.74, 6) is 0.381. The zero-order valence-electron chi connectivity index (χ0n) is 13.4. The number of ether oxygens (including phenoxy) is 1. The van der Waals surface area contributed by atoms with E-state index in [1.54, 1.807) is 18.3 Å². The first kappa shape index (κ1) is 17.0. The van der Waals surface area contributed by atoms with Crippen molar-refractivity contribution in [2.75, 3.05) is 17.7 Å². The molecule has 0 aliphatic carbocycles. The Bertz CT molecular complexity index is 667. The number of hydrogen-bond acceptors (Lipinski definition) is 7. The Morgan fingerprint density at radius 2 is 2.22 bits per heavy atom. The van der Waals surface area contributed by atoms with Crippen LogP contribution < -0.4 is 10.5 Å². The van der Waals surface area contributed by atoms with Crippen molar-refractivity contribution in [3.8, 4) is 0 Å². The lowest BCUT2D eigenvalue weighted by atomic mass is 10.1. The van der Waals surface area contributed by atoms with Crippen molar-refractivity contribution in [3.05, 3.63) is 18.3 Å². The number of hydrogen-bond donors (Lipinski definition) is 2. The highest BCUT2D eigenvalue weighted by Crippen LogP contribution is 2.21. The van der Waals surface area contributed by atoms with Crippen LogP contribution in [0.15, 0.2) is 18.3 Å². The predicted molar refractivity (Wildman–Crippen MR) is 90.3 cm³/mol. The van der Waals surface area contributed by atoms with Crippen molar-refractivity contribution in [2.24, 2.45) is 0 Å².